The Hall–Kier alpha value is -5.23. The number of hydrogen-bond acceptors (Lipinski definition) is 6. The molecule has 0 rings (SSSR count). The second kappa shape index (κ2) is 63.3. The SMILES string of the molecule is CC/C=C\C/C=C\C/C=C\C/C=C\C/C=C\C/C=C\CCC(=O)OC(COC(=O)CCCCC/C=C\C/C=C\C/C=C\CC)COC(=O)CCCCCCCCCCCCC/C=C\C/C=C\C/C=C\C/C=C\C/C=C\CC. The maximum Gasteiger partial charge on any atom is 0.306 e. The Morgan fingerprint density at radius 3 is 0.792 bits per heavy atom. The summed E-state index contributed by atoms with van der Waals surface area (Å²) in [5, 5.41) is 0. The Labute approximate surface area is 472 Å². The van der Waals surface area contributed by atoms with Gasteiger partial charge in [-0.1, -0.05) is 255 Å². The summed E-state index contributed by atoms with van der Waals surface area (Å²) in [5.41, 5.74) is 0. The van der Waals surface area contributed by atoms with Gasteiger partial charge in [0, 0.05) is 19.3 Å². The number of carbonyl (C=O) groups is 3. The molecule has 6 heteroatoms. The molecule has 0 spiro atoms. The smallest absolute Gasteiger partial charge is 0.306 e. The average molecular weight is 1060 g/mol. The Bertz CT molecular complexity index is 1790. The number of ether oxygens (including phenoxy) is 3. The molecule has 0 saturated heterocycles. The highest BCUT2D eigenvalue weighted by Crippen LogP contribution is 2.14. The predicted octanol–water partition coefficient (Wildman–Crippen LogP) is 21.1. The van der Waals surface area contributed by atoms with Gasteiger partial charge >= 0.3 is 17.9 Å². The van der Waals surface area contributed by atoms with Gasteiger partial charge in [-0.05, 0) is 135 Å². The van der Waals surface area contributed by atoms with Crippen LogP contribution in [0.3, 0.4) is 0 Å². The molecule has 0 aliphatic rings. The topological polar surface area (TPSA) is 78.9 Å². The van der Waals surface area contributed by atoms with Crippen molar-refractivity contribution in [2.75, 3.05) is 13.2 Å². The minimum absolute atomic E-state index is 0.127. The third-order valence-electron chi connectivity index (χ3n) is 12.2. The lowest BCUT2D eigenvalue weighted by molar-refractivity contribution is -0.166. The van der Waals surface area contributed by atoms with E-state index in [4.69, 9.17) is 14.2 Å². The second-order valence-corrected chi connectivity index (χ2v) is 19.5. The lowest BCUT2D eigenvalue weighted by Crippen LogP contribution is -2.30. The van der Waals surface area contributed by atoms with Gasteiger partial charge < -0.3 is 14.2 Å². The summed E-state index contributed by atoms with van der Waals surface area (Å²) in [7, 11) is 0. The Kier molecular flexibility index (Phi) is 59.0. The van der Waals surface area contributed by atoms with Crippen LogP contribution < -0.4 is 0 Å². The molecule has 0 N–H and O–H groups in total. The van der Waals surface area contributed by atoms with Crippen LogP contribution in [0.5, 0.6) is 0 Å². The molecular weight excluding hydrogens is 949 g/mol. The Morgan fingerprint density at radius 1 is 0.260 bits per heavy atom. The molecule has 0 bridgehead atoms. The van der Waals surface area contributed by atoms with Gasteiger partial charge in [0.1, 0.15) is 13.2 Å². The van der Waals surface area contributed by atoms with Gasteiger partial charge in [-0.15, -0.1) is 0 Å². The van der Waals surface area contributed by atoms with Crippen molar-refractivity contribution >= 4 is 17.9 Å². The monoisotopic (exact) mass is 1060 g/mol. The highest BCUT2D eigenvalue weighted by atomic mass is 16.6. The van der Waals surface area contributed by atoms with E-state index >= 15 is 0 Å². The molecule has 0 fully saturated rings. The molecule has 0 amide bonds. The first kappa shape index (κ1) is 71.8. The maximum atomic E-state index is 12.8. The van der Waals surface area contributed by atoms with Crippen molar-refractivity contribution in [2.24, 2.45) is 0 Å². The molecule has 77 heavy (non-hydrogen) atoms. The number of carbonyl (C=O) groups excluding carboxylic acids is 3. The molecule has 0 saturated carbocycles. The summed E-state index contributed by atoms with van der Waals surface area (Å²) >= 11 is 0. The minimum atomic E-state index is -0.841. The van der Waals surface area contributed by atoms with Crippen LogP contribution in [0, 0.1) is 0 Å². The zero-order chi connectivity index (χ0) is 55.7. The average Bonchev–Trinajstić information content (AvgIpc) is 3.43. The third-order valence-corrected chi connectivity index (χ3v) is 12.2. The highest BCUT2D eigenvalue weighted by Gasteiger charge is 2.19. The largest absolute Gasteiger partial charge is 0.462 e. The van der Waals surface area contributed by atoms with Crippen LogP contribution in [0.1, 0.15) is 239 Å². The Morgan fingerprint density at radius 2 is 0.494 bits per heavy atom. The molecule has 0 aliphatic heterocycles. The summed E-state index contributed by atoms with van der Waals surface area (Å²) in [6, 6.07) is 0. The number of rotatable bonds is 53. The van der Waals surface area contributed by atoms with Gasteiger partial charge in [0.2, 0.25) is 0 Å². The van der Waals surface area contributed by atoms with Crippen LogP contribution in [0.2, 0.25) is 0 Å². The van der Waals surface area contributed by atoms with Crippen LogP contribution >= 0.6 is 0 Å². The van der Waals surface area contributed by atoms with Crippen LogP contribution in [0.4, 0.5) is 0 Å². The fourth-order valence-electron chi connectivity index (χ4n) is 7.74. The van der Waals surface area contributed by atoms with E-state index in [0.717, 1.165) is 135 Å². The molecule has 0 radical (unpaired) electrons. The summed E-state index contributed by atoms with van der Waals surface area (Å²) in [6.45, 7) is 6.19. The standard InChI is InChI=1S/C71H110O6/c1-4-7-10-13-16-19-22-25-27-29-31-32-33-34-35-36-37-38-40-41-43-46-49-52-55-58-61-64-70(73)76-67-68(66-75-69(72)63-60-57-54-51-48-45-24-21-18-15-12-9-6-3)77-71(74)65-62-59-56-53-50-47-44-42-39-30-28-26-23-20-17-14-11-8-5-2/h7-12,16-21,25-28,31-32,34-35,39,42,45,47-48,50,56,59,68H,4-6,13-15,22-24,29-30,33,36-38,40-41,43-44,46,49,51-55,57-58,60-67H2,1-3H3/b10-7-,11-8-,12-9-,19-16-,20-17-,21-18-,27-25-,28-26-,32-31-,35-34-,42-39-,48-45-,50-47-,59-56-. The van der Waals surface area contributed by atoms with Gasteiger partial charge in [0.15, 0.2) is 6.10 Å². The molecule has 0 aliphatic carbocycles. The van der Waals surface area contributed by atoms with Gasteiger partial charge in [0.25, 0.3) is 0 Å². The van der Waals surface area contributed by atoms with Crippen molar-refractivity contribution in [1.29, 1.82) is 0 Å². The normalized spacial score (nSPS) is 13.3. The van der Waals surface area contributed by atoms with Crippen LogP contribution in [0.15, 0.2) is 170 Å². The fraction of sp³-hybridized carbons (Fsp3) is 0.563. The molecule has 6 nitrogen and oxygen atoms in total. The van der Waals surface area contributed by atoms with Crippen molar-refractivity contribution in [3.8, 4) is 0 Å². The first-order chi connectivity index (χ1) is 38.0. The van der Waals surface area contributed by atoms with E-state index in [1.807, 2.05) is 12.2 Å². The number of unbranched alkanes of at least 4 members (excludes halogenated alkanes) is 14. The van der Waals surface area contributed by atoms with E-state index in [1.54, 1.807) is 0 Å². The summed E-state index contributed by atoms with van der Waals surface area (Å²) in [4.78, 5) is 38.2. The first-order valence-corrected chi connectivity index (χ1v) is 30.6. The molecule has 1 unspecified atom stereocenters. The second-order valence-electron chi connectivity index (χ2n) is 19.5. The van der Waals surface area contributed by atoms with Crippen LogP contribution in [-0.4, -0.2) is 37.2 Å². The molecular formula is C71H110O6. The van der Waals surface area contributed by atoms with Crippen molar-refractivity contribution in [1.82, 2.24) is 0 Å². The van der Waals surface area contributed by atoms with E-state index in [-0.39, 0.29) is 31.6 Å². The first-order valence-electron chi connectivity index (χ1n) is 30.6. The highest BCUT2D eigenvalue weighted by molar-refractivity contribution is 5.71. The van der Waals surface area contributed by atoms with Crippen molar-refractivity contribution in [3.05, 3.63) is 170 Å². The van der Waals surface area contributed by atoms with Crippen molar-refractivity contribution < 1.29 is 28.6 Å². The fourth-order valence-corrected chi connectivity index (χ4v) is 7.74. The van der Waals surface area contributed by atoms with Crippen molar-refractivity contribution in [3.63, 3.8) is 0 Å². The number of hydrogen-bond donors (Lipinski definition) is 0. The van der Waals surface area contributed by atoms with Crippen molar-refractivity contribution in [2.45, 2.75) is 245 Å². The van der Waals surface area contributed by atoms with E-state index in [2.05, 4.69) is 179 Å². The van der Waals surface area contributed by atoms with Gasteiger partial charge in [-0.2, -0.15) is 0 Å². The van der Waals surface area contributed by atoms with Gasteiger partial charge in [0.05, 0.1) is 0 Å². The van der Waals surface area contributed by atoms with E-state index in [1.165, 1.54) is 57.8 Å². The quantitative estimate of drug-likeness (QED) is 0.0261. The summed E-state index contributed by atoms with van der Waals surface area (Å²) in [6.07, 6.45) is 93.7. The third kappa shape index (κ3) is 61.5. The predicted molar refractivity (Wildman–Crippen MR) is 334 cm³/mol. The zero-order valence-electron chi connectivity index (χ0n) is 49.1. The van der Waals surface area contributed by atoms with Crippen LogP contribution in [-0.2, 0) is 28.6 Å². The number of allylic oxidation sites excluding steroid dienone is 28. The minimum Gasteiger partial charge on any atom is -0.462 e. The zero-order valence-corrected chi connectivity index (χ0v) is 49.1. The van der Waals surface area contributed by atoms with Crippen LogP contribution in [0.25, 0.3) is 0 Å². The van der Waals surface area contributed by atoms with Gasteiger partial charge in [-0.3, -0.25) is 14.4 Å². The molecule has 0 aromatic carbocycles. The molecule has 0 aromatic heterocycles. The Balaban J connectivity index is 4.45. The van der Waals surface area contributed by atoms with E-state index in [9.17, 15) is 14.4 Å². The van der Waals surface area contributed by atoms with E-state index in [0.29, 0.717) is 19.3 Å². The molecule has 430 valence electrons. The molecule has 0 heterocycles. The maximum absolute atomic E-state index is 12.8. The summed E-state index contributed by atoms with van der Waals surface area (Å²) < 4.78 is 16.8. The number of esters is 3. The lowest BCUT2D eigenvalue weighted by atomic mass is 10.0. The van der Waals surface area contributed by atoms with E-state index < -0.39 is 12.1 Å². The summed E-state index contributed by atoms with van der Waals surface area (Å²) in [5.74, 6) is -1.05. The molecule has 0 aromatic rings. The molecule has 1 atom stereocenters. The van der Waals surface area contributed by atoms with Gasteiger partial charge in [-0.25, -0.2) is 0 Å². The lowest BCUT2D eigenvalue weighted by Gasteiger charge is -2.18.